The minimum Gasteiger partial charge on any atom is -0.471 e. The molecule has 3 heterocycles. The minimum atomic E-state index is -0.218. The summed E-state index contributed by atoms with van der Waals surface area (Å²) in [5, 5.41) is 8.98. The van der Waals surface area contributed by atoms with Crippen molar-refractivity contribution in [2.24, 2.45) is 0 Å². The lowest BCUT2D eigenvalue weighted by molar-refractivity contribution is 0.0953. The summed E-state index contributed by atoms with van der Waals surface area (Å²) in [5.74, 6) is 0.231. The fourth-order valence-corrected chi connectivity index (χ4v) is 3.37. The number of carbonyl (C=O) groups excluding carboxylic acids is 1. The van der Waals surface area contributed by atoms with Crippen LogP contribution in [0, 0.1) is 0 Å². The summed E-state index contributed by atoms with van der Waals surface area (Å²) in [5.41, 5.74) is 2.46. The third-order valence-electron chi connectivity index (χ3n) is 4.39. The van der Waals surface area contributed by atoms with E-state index >= 15 is 0 Å². The number of rotatable bonds is 3. The van der Waals surface area contributed by atoms with Crippen LogP contribution in [0.1, 0.15) is 30.0 Å². The van der Waals surface area contributed by atoms with Gasteiger partial charge >= 0.3 is 0 Å². The monoisotopic (exact) mass is 383 g/mol. The van der Waals surface area contributed by atoms with Crippen molar-refractivity contribution in [3.63, 3.8) is 0 Å². The van der Waals surface area contributed by atoms with Gasteiger partial charge in [0.2, 0.25) is 5.88 Å². The van der Waals surface area contributed by atoms with Crippen LogP contribution in [0.5, 0.6) is 5.88 Å². The molecule has 1 aliphatic rings. The maximum Gasteiger partial charge on any atom is 0.281 e. The first-order chi connectivity index (χ1) is 13.1. The highest BCUT2D eigenvalue weighted by Crippen LogP contribution is 2.32. The molecule has 8 heteroatoms. The van der Waals surface area contributed by atoms with Crippen molar-refractivity contribution in [1.29, 1.82) is 0 Å². The van der Waals surface area contributed by atoms with Crippen molar-refractivity contribution in [3.8, 4) is 11.6 Å². The van der Waals surface area contributed by atoms with Gasteiger partial charge in [-0.3, -0.25) is 9.69 Å². The van der Waals surface area contributed by atoms with Crippen LogP contribution in [0.15, 0.2) is 42.6 Å². The van der Waals surface area contributed by atoms with Gasteiger partial charge in [-0.05, 0) is 43.7 Å². The van der Waals surface area contributed by atoms with E-state index in [0.29, 0.717) is 35.2 Å². The van der Waals surface area contributed by atoms with E-state index in [1.807, 2.05) is 32.0 Å². The number of aromatic nitrogens is 4. The summed E-state index contributed by atoms with van der Waals surface area (Å²) in [7, 11) is 0. The maximum absolute atomic E-state index is 13.3. The zero-order chi connectivity index (χ0) is 19.0. The molecule has 7 nitrogen and oxygen atoms in total. The number of hydrogen-bond donors (Lipinski definition) is 0. The third kappa shape index (κ3) is 3.14. The predicted octanol–water partition coefficient (Wildman–Crippen LogP) is 3.31. The van der Waals surface area contributed by atoms with Crippen molar-refractivity contribution in [2.45, 2.75) is 26.4 Å². The lowest BCUT2D eigenvalue weighted by Gasteiger charge is -2.32. The smallest absolute Gasteiger partial charge is 0.281 e. The van der Waals surface area contributed by atoms with Crippen LogP contribution in [0.3, 0.4) is 0 Å². The number of amides is 1. The summed E-state index contributed by atoms with van der Waals surface area (Å²) >= 11 is 6.10. The molecule has 27 heavy (non-hydrogen) atoms. The summed E-state index contributed by atoms with van der Waals surface area (Å²) in [6.07, 6.45) is 2.08. The summed E-state index contributed by atoms with van der Waals surface area (Å²) < 4.78 is 7.39. The van der Waals surface area contributed by atoms with Gasteiger partial charge in [-0.1, -0.05) is 29.8 Å². The molecule has 3 aromatic rings. The van der Waals surface area contributed by atoms with Crippen LogP contribution in [-0.4, -0.2) is 38.5 Å². The Bertz CT molecular complexity index is 1000. The lowest BCUT2D eigenvalue weighted by atomic mass is 10.2. The Morgan fingerprint density at radius 1 is 1.33 bits per heavy atom. The number of anilines is 1. The van der Waals surface area contributed by atoms with Gasteiger partial charge < -0.3 is 4.74 Å². The maximum atomic E-state index is 13.3. The topological polar surface area (TPSA) is 73.1 Å². The van der Waals surface area contributed by atoms with Gasteiger partial charge in [0.25, 0.3) is 5.91 Å². The van der Waals surface area contributed by atoms with Gasteiger partial charge in [0.05, 0.1) is 17.9 Å². The Kier molecular flexibility index (Phi) is 4.53. The van der Waals surface area contributed by atoms with E-state index in [9.17, 15) is 4.79 Å². The molecule has 1 aliphatic heterocycles. The minimum absolute atomic E-state index is 0.163. The molecular weight excluding hydrogens is 366 g/mol. The second-order valence-electron chi connectivity index (χ2n) is 6.30. The van der Waals surface area contributed by atoms with Crippen molar-refractivity contribution >= 4 is 23.2 Å². The predicted molar refractivity (Wildman–Crippen MR) is 102 cm³/mol. The van der Waals surface area contributed by atoms with Crippen molar-refractivity contribution < 1.29 is 9.53 Å². The standard InChI is InChI=1S/C19H18ClN5O2/c1-3-15-17(22-23-25(15)14-7-4-6-13(20)10-14)19(26)24-11-12(2)27-18-16(24)8-5-9-21-18/h4-10,12H,3,11H2,1-2H3/t12-/m0/s1. The highest BCUT2D eigenvalue weighted by atomic mass is 35.5. The number of hydrogen-bond acceptors (Lipinski definition) is 5. The van der Waals surface area contributed by atoms with Crippen LogP contribution in [0.25, 0.3) is 5.69 Å². The van der Waals surface area contributed by atoms with Gasteiger partial charge in [-0.25, -0.2) is 9.67 Å². The summed E-state index contributed by atoms with van der Waals surface area (Å²) in [4.78, 5) is 19.2. The lowest BCUT2D eigenvalue weighted by Crippen LogP contribution is -2.43. The molecule has 4 rings (SSSR count). The molecule has 1 aromatic carbocycles. The number of fused-ring (bicyclic) bond motifs is 1. The molecule has 0 bridgehead atoms. The van der Waals surface area contributed by atoms with Crippen LogP contribution in [-0.2, 0) is 6.42 Å². The van der Waals surface area contributed by atoms with Crippen molar-refractivity contribution in [3.05, 3.63) is 59.0 Å². The number of pyridine rings is 1. The van der Waals surface area contributed by atoms with Gasteiger partial charge in [-0.15, -0.1) is 5.10 Å². The molecule has 0 unspecified atom stereocenters. The van der Waals surface area contributed by atoms with Crippen molar-refractivity contribution in [2.75, 3.05) is 11.4 Å². The molecular formula is C19H18ClN5O2. The van der Waals surface area contributed by atoms with E-state index in [4.69, 9.17) is 16.3 Å². The Morgan fingerprint density at radius 3 is 2.96 bits per heavy atom. The molecule has 0 fully saturated rings. The van der Waals surface area contributed by atoms with E-state index in [2.05, 4.69) is 15.3 Å². The largest absolute Gasteiger partial charge is 0.471 e. The van der Waals surface area contributed by atoms with Crippen LogP contribution < -0.4 is 9.64 Å². The van der Waals surface area contributed by atoms with E-state index in [-0.39, 0.29) is 12.0 Å². The first-order valence-corrected chi connectivity index (χ1v) is 9.10. The van der Waals surface area contributed by atoms with Gasteiger partial charge in [0, 0.05) is 11.2 Å². The van der Waals surface area contributed by atoms with E-state index in [1.165, 1.54) is 0 Å². The average Bonchev–Trinajstić information content (AvgIpc) is 3.10. The molecule has 0 saturated carbocycles. The zero-order valence-electron chi connectivity index (χ0n) is 15.0. The molecule has 0 radical (unpaired) electrons. The van der Waals surface area contributed by atoms with Crippen LogP contribution in [0.4, 0.5) is 5.69 Å². The Morgan fingerprint density at radius 2 is 2.19 bits per heavy atom. The van der Waals surface area contributed by atoms with Crippen LogP contribution >= 0.6 is 11.6 Å². The fourth-order valence-electron chi connectivity index (χ4n) is 3.18. The Labute approximate surface area is 161 Å². The zero-order valence-corrected chi connectivity index (χ0v) is 15.7. The highest BCUT2D eigenvalue weighted by molar-refractivity contribution is 6.30. The molecule has 0 N–H and O–H groups in total. The molecule has 0 saturated heterocycles. The number of ether oxygens (including phenoxy) is 1. The molecule has 1 atom stereocenters. The fraction of sp³-hybridized carbons (Fsp3) is 0.263. The first-order valence-electron chi connectivity index (χ1n) is 8.72. The summed E-state index contributed by atoms with van der Waals surface area (Å²) in [6.45, 7) is 4.29. The number of benzene rings is 1. The number of carbonyl (C=O) groups is 1. The van der Waals surface area contributed by atoms with E-state index in [0.717, 1.165) is 11.4 Å². The molecule has 0 spiro atoms. The number of nitrogens with zero attached hydrogens (tertiary/aromatic N) is 5. The third-order valence-corrected chi connectivity index (χ3v) is 4.63. The second kappa shape index (κ2) is 7.00. The second-order valence-corrected chi connectivity index (χ2v) is 6.74. The molecule has 0 aliphatic carbocycles. The first kappa shape index (κ1) is 17.5. The summed E-state index contributed by atoms with van der Waals surface area (Å²) in [6, 6.07) is 10.9. The Hall–Kier alpha value is -2.93. The quantitative estimate of drug-likeness (QED) is 0.693. The Balaban J connectivity index is 1.75. The normalized spacial score (nSPS) is 16.0. The average molecular weight is 384 g/mol. The molecule has 1 amide bonds. The SMILES string of the molecule is CCc1c(C(=O)N2C[C@H](C)Oc3ncccc32)nnn1-c1cccc(Cl)c1. The van der Waals surface area contributed by atoms with E-state index < -0.39 is 0 Å². The van der Waals surface area contributed by atoms with Crippen molar-refractivity contribution in [1.82, 2.24) is 20.0 Å². The highest BCUT2D eigenvalue weighted by Gasteiger charge is 2.32. The van der Waals surface area contributed by atoms with E-state index in [1.54, 1.807) is 34.0 Å². The van der Waals surface area contributed by atoms with Gasteiger partial charge in [0.15, 0.2) is 5.69 Å². The van der Waals surface area contributed by atoms with Gasteiger partial charge in [-0.2, -0.15) is 0 Å². The molecule has 138 valence electrons. The van der Waals surface area contributed by atoms with Gasteiger partial charge in [0.1, 0.15) is 11.8 Å². The van der Waals surface area contributed by atoms with Crippen LogP contribution in [0.2, 0.25) is 5.02 Å². The molecule has 2 aromatic heterocycles. The number of halogens is 1.